The largest absolute Gasteiger partial charge is 1.00 e. The van der Waals surface area contributed by atoms with E-state index in [1.54, 1.807) is 6.07 Å². The summed E-state index contributed by atoms with van der Waals surface area (Å²) in [6.07, 6.45) is 0. The van der Waals surface area contributed by atoms with Crippen LogP contribution >= 0.6 is 23.4 Å². The summed E-state index contributed by atoms with van der Waals surface area (Å²) in [5.74, 6) is -3.28. The third-order valence-electron chi connectivity index (χ3n) is 5.56. The van der Waals surface area contributed by atoms with Crippen molar-refractivity contribution in [1.82, 2.24) is 15.0 Å². The maximum absolute atomic E-state index is 12.1. The predicted molar refractivity (Wildman–Crippen MR) is 171 cm³/mol. The molecule has 4 aromatic rings. The van der Waals surface area contributed by atoms with Gasteiger partial charge in [-0.15, -0.1) is 10.2 Å². The number of phenolic OH excluding ortho intramolecular Hbond substituents is 1. The number of anilines is 2. The Bertz CT molecular complexity index is 2330. The number of halogens is 1. The molecular formula is C24H18ClCuN8O12S4. The molecule has 4 rings (SSSR count). The number of nitrogens with zero attached hydrogens (tertiary/aromatic N) is 7. The van der Waals surface area contributed by atoms with Crippen LogP contribution in [0.25, 0.3) is 5.43 Å². The third kappa shape index (κ3) is 10.8. The molecule has 0 bridgehead atoms. The topological polar surface area (TPSA) is 323 Å². The van der Waals surface area contributed by atoms with Crippen LogP contribution in [0.15, 0.2) is 95.8 Å². The van der Waals surface area contributed by atoms with Gasteiger partial charge in [0.1, 0.15) is 5.69 Å². The maximum Gasteiger partial charge on any atom is 1.00 e. The molecular weight excluding hydrogens is 820 g/mol. The van der Waals surface area contributed by atoms with E-state index in [1.807, 2.05) is 0 Å². The van der Waals surface area contributed by atoms with Gasteiger partial charge in [-0.3, -0.25) is 18.5 Å². The number of hydrogen-bond acceptors (Lipinski definition) is 15. The molecule has 3 aromatic carbocycles. The number of azo groups is 1. The second-order valence-electron chi connectivity index (χ2n) is 9.00. The molecule has 50 heavy (non-hydrogen) atoms. The Labute approximate surface area is 301 Å². The zero-order valence-corrected chi connectivity index (χ0v) is 29.0. The molecule has 1 aromatic heterocycles. The first-order chi connectivity index (χ1) is 22.8. The monoisotopic (exact) mass is 836 g/mol. The van der Waals surface area contributed by atoms with Gasteiger partial charge in [0.2, 0.25) is 11.2 Å². The minimum atomic E-state index is -5.00. The van der Waals surface area contributed by atoms with Crippen molar-refractivity contribution in [2.24, 2.45) is 15.3 Å². The van der Waals surface area contributed by atoms with E-state index in [0.717, 1.165) is 6.07 Å². The van der Waals surface area contributed by atoms with Crippen LogP contribution in [0.2, 0.25) is 5.28 Å². The maximum atomic E-state index is 12.1. The summed E-state index contributed by atoms with van der Waals surface area (Å²) in [5.41, 5.74) is 1.97. The van der Waals surface area contributed by atoms with E-state index in [2.05, 4.69) is 41.0 Å². The summed E-state index contributed by atoms with van der Waals surface area (Å²) in [7, 11) is -14.8. The molecule has 0 fully saturated rings. The summed E-state index contributed by atoms with van der Waals surface area (Å²) >= 11 is 6.55. The summed E-state index contributed by atoms with van der Waals surface area (Å²) in [6.45, 7) is 0. The Hall–Kier alpha value is -4.30. The normalized spacial score (nSPS) is 12.4. The van der Waals surface area contributed by atoms with Crippen molar-refractivity contribution in [1.29, 1.82) is 0 Å². The van der Waals surface area contributed by atoms with Crippen molar-refractivity contribution in [2.75, 3.05) is 11.1 Å². The fraction of sp³-hybridized carbons (Fsp3) is 0.0417. The summed E-state index contributed by atoms with van der Waals surface area (Å²) in [4.78, 5) is 19.9. The number of amidine groups is 1. The molecule has 0 unspecified atom stereocenters. The molecule has 0 saturated carbocycles. The smallest absolute Gasteiger partial charge is 0.573 e. The van der Waals surface area contributed by atoms with Gasteiger partial charge in [0, 0.05) is 5.56 Å². The molecule has 0 aliphatic carbocycles. The minimum absolute atomic E-state index is 0. The van der Waals surface area contributed by atoms with Gasteiger partial charge in [-0.25, -0.2) is 0 Å². The Morgan fingerprint density at radius 3 is 2.14 bits per heavy atom. The van der Waals surface area contributed by atoms with Crippen LogP contribution in [-0.2, 0) is 52.2 Å². The van der Waals surface area contributed by atoms with Crippen LogP contribution in [0.1, 0.15) is 5.56 Å². The van der Waals surface area contributed by atoms with Crippen LogP contribution in [0.4, 0.5) is 23.0 Å². The van der Waals surface area contributed by atoms with Gasteiger partial charge in [0.25, 0.3) is 30.4 Å². The van der Waals surface area contributed by atoms with E-state index < -0.39 is 90.7 Å². The van der Waals surface area contributed by atoms with Crippen LogP contribution < -0.4 is 5.32 Å². The van der Waals surface area contributed by atoms with Crippen LogP contribution in [0.3, 0.4) is 0 Å². The Balaban J connectivity index is 0.00000676. The number of carbonyl (C=O) groups is 1. The van der Waals surface area contributed by atoms with Crippen molar-refractivity contribution in [2.45, 2.75) is 19.8 Å². The molecule has 26 heteroatoms. The standard InChI is InChI=1S/C24H19ClN8O12S4.Cu/c25-22-27-23(29-24(28-22)46-11-19(34)35)26-16-9-14(48(40,41)42)10-17(20(16)36)31-33-21(12-4-2-1-3-5-12)32-30-15-8-13(47(37,38)39)6-7-18(15)49(43,44)45;/h1-10H,11H2,(H7,26,27,28,29,30,31,32,33,34,35,36,37,38,39,40,41,42,43,44,45);/q;+1/p-1. The van der Waals surface area contributed by atoms with Gasteiger partial charge in [0.15, 0.2) is 16.7 Å². The van der Waals surface area contributed by atoms with Crippen molar-refractivity contribution in [3.05, 3.63) is 76.9 Å². The van der Waals surface area contributed by atoms with Crippen LogP contribution in [0.5, 0.6) is 5.75 Å². The van der Waals surface area contributed by atoms with E-state index in [1.165, 1.54) is 24.3 Å². The Kier molecular flexibility index (Phi) is 13.0. The van der Waals surface area contributed by atoms with Crippen molar-refractivity contribution in [3.8, 4) is 5.75 Å². The van der Waals surface area contributed by atoms with Gasteiger partial charge >= 0.3 is 23.0 Å². The zero-order valence-electron chi connectivity index (χ0n) is 24.0. The quantitative estimate of drug-likeness (QED) is 0.0171. The van der Waals surface area contributed by atoms with Crippen molar-refractivity contribution < 1.29 is 71.0 Å². The van der Waals surface area contributed by atoms with Gasteiger partial charge in [0.05, 0.1) is 26.1 Å². The molecule has 1 heterocycles. The van der Waals surface area contributed by atoms with E-state index in [-0.39, 0.29) is 33.7 Å². The molecule has 268 valence electrons. The molecule has 20 nitrogen and oxygen atoms in total. The molecule has 0 saturated heterocycles. The van der Waals surface area contributed by atoms with Crippen LogP contribution in [0, 0.1) is 0 Å². The fourth-order valence-corrected chi connectivity index (χ4v) is 5.89. The number of carboxylic acids is 1. The van der Waals surface area contributed by atoms with Crippen molar-refractivity contribution in [3.63, 3.8) is 0 Å². The fourth-order valence-electron chi connectivity index (χ4n) is 3.49. The number of aliphatic carboxylic acids is 1. The molecule has 0 radical (unpaired) electrons. The molecule has 0 aliphatic rings. The third-order valence-corrected chi connectivity index (χ3v) is 9.15. The second-order valence-corrected chi connectivity index (χ2v) is 14.5. The average molecular weight is 838 g/mol. The van der Waals surface area contributed by atoms with Crippen molar-refractivity contribution >= 4 is 88.5 Å². The van der Waals surface area contributed by atoms with E-state index in [9.17, 15) is 48.8 Å². The number of benzene rings is 3. The van der Waals surface area contributed by atoms with E-state index >= 15 is 0 Å². The summed E-state index contributed by atoms with van der Waals surface area (Å²) in [5, 5.41) is 33.2. The molecule has 0 atom stereocenters. The molecule has 0 aliphatic heterocycles. The van der Waals surface area contributed by atoms with Gasteiger partial charge in [-0.1, -0.05) is 53.8 Å². The molecule has 6 N–H and O–H groups in total. The van der Waals surface area contributed by atoms with E-state index in [0.29, 0.717) is 36.0 Å². The number of aromatic hydroxyl groups is 1. The minimum Gasteiger partial charge on any atom is -0.573 e. The van der Waals surface area contributed by atoms with Crippen LogP contribution in [-0.4, -0.2) is 81.6 Å². The second kappa shape index (κ2) is 16.2. The number of aromatic nitrogens is 3. The number of nitrogens with one attached hydrogen (secondary N) is 1. The summed E-state index contributed by atoms with van der Waals surface area (Å²) < 4.78 is 99.9. The Morgan fingerprint density at radius 1 is 0.880 bits per heavy atom. The predicted octanol–water partition coefficient (Wildman–Crippen LogP) is 4.04. The Morgan fingerprint density at radius 2 is 1.54 bits per heavy atom. The first kappa shape index (κ1) is 40.1. The first-order valence-corrected chi connectivity index (χ1v) is 18.2. The number of phenols is 1. The first-order valence-electron chi connectivity index (χ1n) is 12.5. The van der Waals surface area contributed by atoms with E-state index in [4.69, 9.17) is 16.7 Å². The number of hydrogen-bond donors (Lipinski definition) is 6. The number of rotatable bonds is 12. The zero-order chi connectivity index (χ0) is 36.1. The molecule has 0 amide bonds. The average Bonchev–Trinajstić information content (AvgIpc) is 3.00. The SMILES string of the molecule is O=C(O)CSc1nc(Cl)nc(Nc2cc(S(=O)(=O)O)cc(N=NC(=N[N-]c3cc(S(=O)(=O)O)ccc3S(=O)(=O)O)c3ccccc3)c2O)n1.[Cu+]. The number of thioether (sulfide) groups is 1. The van der Waals surface area contributed by atoms with Gasteiger partial charge in [-0.05, 0) is 35.9 Å². The van der Waals surface area contributed by atoms with Gasteiger partial charge < -0.3 is 26.1 Å². The molecule has 0 spiro atoms. The van der Waals surface area contributed by atoms with Gasteiger partial charge in [-0.2, -0.15) is 40.2 Å². The summed E-state index contributed by atoms with van der Waals surface area (Å²) in [6, 6.07) is 10.9. The number of carboxylic acid groups (broad SMARTS) is 1.